The largest absolute Gasteiger partial charge is 0.395 e. The van der Waals surface area contributed by atoms with Crippen LogP contribution >= 0.6 is 15.9 Å². The minimum Gasteiger partial charge on any atom is -0.395 e. The van der Waals surface area contributed by atoms with Crippen molar-refractivity contribution >= 4 is 27.9 Å². The Bertz CT molecular complexity index is 478. The van der Waals surface area contributed by atoms with Crippen molar-refractivity contribution in [1.29, 1.82) is 5.26 Å². The van der Waals surface area contributed by atoms with E-state index in [9.17, 15) is 4.79 Å². The lowest BCUT2D eigenvalue weighted by Crippen LogP contribution is -2.24. The number of hydrogen-bond donors (Lipinski definition) is 2. The van der Waals surface area contributed by atoms with E-state index >= 15 is 0 Å². The van der Waals surface area contributed by atoms with Crippen LogP contribution in [0.15, 0.2) is 28.7 Å². The molecule has 0 saturated carbocycles. The van der Waals surface area contributed by atoms with Crippen LogP contribution in [0.25, 0.3) is 6.08 Å². The van der Waals surface area contributed by atoms with Gasteiger partial charge in [-0.15, -0.1) is 0 Å². The molecule has 1 rings (SSSR count). The van der Waals surface area contributed by atoms with Gasteiger partial charge < -0.3 is 10.4 Å². The Morgan fingerprint density at radius 1 is 1.59 bits per heavy atom. The van der Waals surface area contributed by atoms with Gasteiger partial charge in [-0.3, -0.25) is 4.79 Å². The average molecular weight is 295 g/mol. The maximum atomic E-state index is 11.3. The highest BCUT2D eigenvalue weighted by atomic mass is 79.9. The predicted molar refractivity (Wildman–Crippen MR) is 68.0 cm³/mol. The molecule has 5 heteroatoms. The zero-order chi connectivity index (χ0) is 12.7. The number of halogens is 1. The highest BCUT2D eigenvalue weighted by Crippen LogP contribution is 2.17. The molecule has 1 amide bonds. The fourth-order valence-corrected chi connectivity index (χ4v) is 1.56. The molecule has 0 bridgehead atoms. The average Bonchev–Trinajstić information content (AvgIpc) is 2.34. The summed E-state index contributed by atoms with van der Waals surface area (Å²) in [6.45, 7) is 0.118. The fourth-order valence-electron chi connectivity index (χ4n) is 1.18. The SMILES string of the molecule is N#Cc1ccc(Br)cc1C=CC(=O)NCCO. The van der Waals surface area contributed by atoms with Gasteiger partial charge in [0, 0.05) is 17.1 Å². The molecule has 0 unspecified atom stereocenters. The van der Waals surface area contributed by atoms with Crippen molar-refractivity contribution in [3.63, 3.8) is 0 Å². The van der Waals surface area contributed by atoms with E-state index in [0.29, 0.717) is 11.1 Å². The lowest BCUT2D eigenvalue weighted by molar-refractivity contribution is -0.116. The molecule has 0 aromatic heterocycles. The molecule has 0 spiro atoms. The first-order chi connectivity index (χ1) is 8.17. The van der Waals surface area contributed by atoms with E-state index in [1.165, 1.54) is 6.08 Å². The van der Waals surface area contributed by atoms with E-state index in [2.05, 4.69) is 21.2 Å². The molecule has 0 atom stereocenters. The molecule has 0 radical (unpaired) electrons. The Morgan fingerprint density at radius 3 is 3.00 bits per heavy atom. The Balaban J connectivity index is 2.80. The van der Waals surface area contributed by atoms with Crippen LogP contribution in [0.5, 0.6) is 0 Å². The van der Waals surface area contributed by atoms with Gasteiger partial charge in [-0.25, -0.2) is 0 Å². The molecule has 17 heavy (non-hydrogen) atoms. The Kier molecular flexibility index (Phi) is 5.40. The van der Waals surface area contributed by atoms with Crippen molar-refractivity contribution in [2.45, 2.75) is 0 Å². The van der Waals surface area contributed by atoms with Gasteiger partial charge in [0.05, 0.1) is 18.2 Å². The summed E-state index contributed by atoms with van der Waals surface area (Å²) in [6, 6.07) is 7.25. The molecule has 0 aliphatic rings. The number of nitrogens with zero attached hydrogens (tertiary/aromatic N) is 1. The minimum atomic E-state index is -0.303. The molecule has 0 heterocycles. The summed E-state index contributed by atoms with van der Waals surface area (Å²) >= 11 is 3.30. The first-order valence-corrected chi connectivity index (χ1v) is 5.73. The molecule has 1 aromatic rings. The maximum Gasteiger partial charge on any atom is 0.244 e. The normalized spacial score (nSPS) is 10.2. The summed E-state index contributed by atoms with van der Waals surface area (Å²) < 4.78 is 0.840. The van der Waals surface area contributed by atoms with Gasteiger partial charge in [0.15, 0.2) is 0 Å². The van der Waals surface area contributed by atoms with Crippen molar-refractivity contribution in [3.8, 4) is 6.07 Å². The quantitative estimate of drug-likeness (QED) is 0.826. The fraction of sp³-hybridized carbons (Fsp3) is 0.167. The molecule has 1 aromatic carbocycles. The van der Waals surface area contributed by atoms with Crippen LogP contribution in [0.3, 0.4) is 0 Å². The summed E-state index contributed by atoms with van der Waals surface area (Å²) in [7, 11) is 0. The highest BCUT2D eigenvalue weighted by Gasteiger charge is 2.00. The number of carbonyl (C=O) groups excluding carboxylic acids is 1. The summed E-state index contributed by atoms with van der Waals surface area (Å²) in [5, 5.41) is 19.9. The molecule has 2 N–H and O–H groups in total. The lowest BCUT2D eigenvalue weighted by Gasteiger charge is -2.00. The van der Waals surface area contributed by atoms with Gasteiger partial charge in [-0.1, -0.05) is 15.9 Å². The van der Waals surface area contributed by atoms with Gasteiger partial charge in [-0.05, 0) is 29.8 Å². The van der Waals surface area contributed by atoms with Crippen molar-refractivity contribution in [1.82, 2.24) is 5.32 Å². The van der Waals surface area contributed by atoms with Crippen LogP contribution in [0.1, 0.15) is 11.1 Å². The summed E-state index contributed by atoms with van der Waals surface area (Å²) in [5.74, 6) is -0.303. The van der Waals surface area contributed by atoms with E-state index in [-0.39, 0.29) is 19.1 Å². The molecular formula is C12H11BrN2O2. The van der Waals surface area contributed by atoms with Crippen molar-refractivity contribution in [2.75, 3.05) is 13.2 Å². The summed E-state index contributed by atoms with van der Waals surface area (Å²) in [4.78, 5) is 11.3. The summed E-state index contributed by atoms with van der Waals surface area (Å²) in [5.41, 5.74) is 1.17. The van der Waals surface area contributed by atoms with Gasteiger partial charge in [0.2, 0.25) is 5.91 Å². The number of carbonyl (C=O) groups is 1. The number of amides is 1. The van der Waals surface area contributed by atoms with Gasteiger partial charge >= 0.3 is 0 Å². The number of hydrogen-bond acceptors (Lipinski definition) is 3. The third kappa shape index (κ3) is 4.39. The minimum absolute atomic E-state index is 0.0973. The maximum absolute atomic E-state index is 11.3. The molecule has 4 nitrogen and oxygen atoms in total. The third-order valence-electron chi connectivity index (χ3n) is 1.96. The second-order valence-electron chi connectivity index (χ2n) is 3.19. The second-order valence-corrected chi connectivity index (χ2v) is 4.11. The van der Waals surface area contributed by atoms with Crippen LogP contribution in [-0.4, -0.2) is 24.2 Å². The first-order valence-electron chi connectivity index (χ1n) is 4.94. The highest BCUT2D eigenvalue weighted by molar-refractivity contribution is 9.10. The van der Waals surface area contributed by atoms with Crippen molar-refractivity contribution in [3.05, 3.63) is 39.9 Å². The van der Waals surface area contributed by atoms with E-state index in [1.54, 1.807) is 24.3 Å². The molecular weight excluding hydrogens is 284 g/mol. The monoisotopic (exact) mass is 294 g/mol. The van der Waals surface area contributed by atoms with E-state index in [1.807, 2.05) is 6.07 Å². The molecule has 0 saturated heterocycles. The van der Waals surface area contributed by atoms with E-state index in [0.717, 1.165) is 4.47 Å². The zero-order valence-electron chi connectivity index (χ0n) is 8.98. The first kappa shape index (κ1) is 13.4. The predicted octanol–water partition coefficient (Wildman–Crippen LogP) is 1.44. The van der Waals surface area contributed by atoms with Crippen LogP contribution in [0.4, 0.5) is 0 Å². The van der Waals surface area contributed by atoms with E-state index < -0.39 is 0 Å². The smallest absolute Gasteiger partial charge is 0.244 e. The van der Waals surface area contributed by atoms with Crippen LogP contribution < -0.4 is 5.32 Å². The Hall–Kier alpha value is -1.64. The number of rotatable bonds is 4. The van der Waals surface area contributed by atoms with E-state index in [4.69, 9.17) is 10.4 Å². The molecule has 0 aliphatic heterocycles. The number of aliphatic hydroxyl groups excluding tert-OH is 1. The Morgan fingerprint density at radius 2 is 2.35 bits per heavy atom. The molecule has 0 fully saturated rings. The van der Waals surface area contributed by atoms with Crippen LogP contribution in [0, 0.1) is 11.3 Å². The van der Waals surface area contributed by atoms with Crippen LogP contribution in [-0.2, 0) is 4.79 Å². The van der Waals surface area contributed by atoms with Crippen molar-refractivity contribution < 1.29 is 9.90 Å². The van der Waals surface area contributed by atoms with Crippen molar-refractivity contribution in [2.24, 2.45) is 0 Å². The summed E-state index contributed by atoms with van der Waals surface area (Å²) in [6.07, 6.45) is 2.90. The van der Waals surface area contributed by atoms with Gasteiger partial charge in [0.25, 0.3) is 0 Å². The molecule has 0 aliphatic carbocycles. The number of benzene rings is 1. The molecule has 88 valence electrons. The topological polar surface area (TPSA) is 73.1 Å². The second kappa shape index (κ2) is 6.84. The van der Waals surface area contributed by atoms with Gasteiger partial charge in [0.1, 0.15) is 0 Å². The van der Waals surface area contributed by atoms with Crippen LogP contribution in [0.2, 0.25) is 0 Å². The third-order valence-corrected chi connectivity index (χ3v) is 2.45. The number of aliphatic hydroxyl groups is 1. The number of nitriles is 1. The number of nitrogens with one attached hydrogen (secondary N) is 1. The zero-order valence-corrected chi connectivity index (χ0v) is 10.6. The van der Waals surface area contributed by atoms with Gasteiger partial charge in [-0.2, -0.15) is 5.26 Å². The lowest BCUT2D eigenvalue weighted by atomic mass is 10.1. The Labute approximate surface area is 108 Å². The standard InChI is InChI=1S/C12H11BrN2O2/c13-11-3-1-10(8-14)9(7-11)2-4-12(17)15-5-6-16/h1-4,7,16H,5-6H2,(H,15,17).